The predicted octanol–water partition coefficient (Wildman–Crippen LogP) is 4.70. The lowest BCUT2D eigenvalue weighted by Gasteiger charge is -2.26. The average molecular weight is 488 g/mol. The summed E-state index contributed by atoms with van der Waals surface area (Å²) in [5.74, 6) is 0.201. The summed E-state index contributed by atoms with van der Waals surface area (Å²) in [6.07, 6.45) is 0. The zero-order chi connectivity index (χ0) is 25.6. The van der Waals surface area contributed by atoms with E-state index >= 15 is 0 Å². The van der Waals surface area contributed by atoms with Crippen LogP contribution in [0.5, 0.6) is 11.5 Å². The molecule has 1 atom stereocenters. The van der Waals surface area contributed by atoms with Gasteiger partial charge in [0.1, 0.15) is 23.9 Å². The molecule has 7 nitrogen and oxygen atoms in total. The van der Waals surface area contributed by atoms with Crippen molar-refractivity contribution in [2.24, 2.45) is 10.7 Å². The van der Waals surface area contributed by atoms with E-state index in [1.165, 1.54) is 19.2 Å². The van der Waals surface area contributed by atoms with Crippen LogP contribution in [0, 0.1) is 12.7 Å². The van der Waals surface area contributed by atoms with Crippen LogP contribution in [0.3, 0.4) is 0 Å². The molecule has 4 rings (SSSR count). The van der Waals surface area contributed by atoms with E-state index in [1.807, 2.05) is 12.1 Å². The number of nitrogens with zero attached hydrogens (tertiary/aromatic N) is 1. The van der Waals surface area contributed by atoms with E-state index in [4.69, 9.17) is 25.1 Å². The quantitative estimate of drug-likeness (QED) is 0.488. The molecule has 0 amide bonds. The third-order valence-corrected chi connectivity index (χ3v) is 5.42. The van der Waals surface area contributed by atoms with Crippen LogP contribution >= 0.6 is 0 Å². The Morgan fingerprint density at radius 3 is 2.46 bits per heavy atom. The number of aliphatic imine (C=N–C) groups is 1. The van der Waals surface area contributed by atoms with Crippen molar-refractivity contribution in [3.8, 4) is 22.6 Å². The first-order chi connectivity index (χ1) is 16.7. The Morgan fingerprint density at radius 2 is 1.86 bits per heavy atom. The zero-order valence-corrected chi connectivity index (χ0v) is 18.9. The van der Waals surface area contributed by atoms with Gasteiger partial charge in [-0.3, -0.25) is 4.79 Å². The van der Waals surface area contributed by atoms with Crippen LogP contribution in [-0.4, -0.2) is 37.9 Å². The Hall–Kier alpha value is -4.21. The van der Waals surface area contributed by atoms with Crippen LogP contribution in [0.2, 0.25) is 0 Å². The first-order valence-corrected chi connectivity index (χ1v) is 10.3. The largest absolute Gasteiger partial charge is 0.497 e. The van der Waals surface area contributed by atoms with Gasteiger partial charge in [-0.15, -0.1) is 0 Å². The Balaban J connectivity index is 0.00000108. The summed E-state index contributed by atoms with van der Waals surface area (Å²) < 4.78 is 55.2. The van der Waals surface area contributed by atoms with E-state index in [2.05, 4.69) is 9.73 Å². The minimum Gasteiger partial charge on any atom is -0.497 e. The van der Waals surface area contributed by atoms with E-state index in [9.17, 15) is 13.2 Å². The SMILES string of the molecule is COc1ccc(F)c(-c2cccc(C3(c4ccc(OC(F)F)c(C)c4)COC(N)=N3)c2)c1.O=CO. The number of methoxy groups -OCH3 is 1. The number of aryl methyl sites for hydroxylation is 1. The highest BCUT2D eigenvalue weighted by molar-refractivity contribution is 5.76. The average Bonchev–Trinajstić information content (AvgIpc) is 3.24. The molecule has 3 aromatic carbocycles. The van der Waals surface area contributed by atoms with E-state index in [-0.39, 0.29) is 24.9 Å². The predicted molar refractivity (Wildman–Crippen MR) is 123 cm³/mol. The molecule has 0 aromatic heterocycles. The molecule has 10 heteroatoms. The van der Waals surface area contributed by atoms with E-state index in [1.54, 1.807) is 43.3 Å². The maximum atomic E-state index is 14.6. The Bertz CT molecular complexity index is 1240. The lowest BCUT2D eigenvalue weighted by molar-refractivity contribution is -0.122. The second kappa shape index (κ2) is 10.8. The third kappa shape index (κ3) is 5.48. The Kier molecular flexibility index (Phi) is 7.85. The molecule has 184 valence electrons. The van der Waals surface area contributed by atoms with Gasteiger partial charge in [0, 0.05) is 5.56 Å². The highest BCUT2D eigenvalue weighted by Crippen LogP contribution is 2.41. The minimum atomic E-state index is -2.92. The fraction of sp³-hybridized carbons (Fsp3) is 0.200. The zero-order valence-electron chi connectivity index (χ0n) is 18.9. The van der Waals surface area contributed by atoms with Crippen molar-refractivity contribution in [3.05, 3.63) is 83.2 Å². The van der Waals surface area contributed by atoms with Gasteiger partial charge in [-0.25, -0.2) is 9.38 Å². The maximum absolute atomic E-state index is 14.6. The third-order valence-electron chi connectivity index (χ3n) is 5.42. The number of rotatable bonds is 6. The van der Waals surface area contributed by atoms with Gasteiger partial charge in [0.15, 0.2) is 5.54 Å². The van der Waals surface area contributed by atoms with Crippen LogP contribution < -0.4 is 15.2 Å². The van der Waals surface area contributed by atoms with Crippen molar-refractivity contribution in [3.63, 3.8) is 0 Å². The van der Waals surface area contributed by atoms with Crippen LogP contribution in [0.4, 0.5) is 13.2 Å². The van der Waals surface area contributed by atoms with Crippen molar-refractivity contribution in [2.75, 3.05) is 13.7 Å². The van der Waals surface area contributed by atoms with Gasteiger partial charge in [0.25, 0.3) is 12.5 Å². The molecule has 0 fully saturated rings. The lowest BCUT2D eigenvalue weighted by Crippen LogP contribution is -2.27. The summed E-state index contributed by atoms with van der Waals surface area (Å²) >= 11 is 0. The number of ether oxygens (including phenoxy) is 3. The summed E-state index contributed by atoms with van der Waals surface area (Å²) in [5.41, 5.74) is 7.72. The highest BCUT2D eigenvalue weighted by atomic mass is 19.3. The van der Waals surface area contributed by atoms with Crippen molar-refractivity contribution in [1.82, 2.24) is 0 Å². The van der Waals surface area contributed by atoms with Crippen molar-refractivity contribution >= 4 is 12.5 Å². The second-order valence-electron chi connectivity index (χ2n) is 7.49. The van der Waals surface area contributed by atoms with Crippen LogP contribution in [-0.2, 0) is 15.1 Å². The molecule has 35 heavy (non-hydrogen) atoms. The molecule has 1 heterocycles. The molecule has 1 aliphatic rings. The Labute approximate surface area is 199 Å². The maximum Gasteiger partial charge on any atom is 0.387 e. The molecule has 0 saturated carbocycles. The topological polar surface area (TPSA) is 103 Å². The van der Waals surface area contributed by atoms with Gasteiger partial charge in [-0.2, -0.15) is 8.78 Å². The molecule has 3 aromatic rings. The molecule has 3 N–H and O–H groups in total. The smallest absolute Gasteiger partial charge is 0.387 e. The molecule has 0 saturated heterocycles. The van der Waals surface area contributed by atoms with Gasteiger partial charge in [-0.05, 0) is 65.6 Å². The summed E-state index contributed by atoms with van der Waals surface area (Å²) in [6, 6.07) is 16.6. The molecule has 0 bridgehead atoms. The van der Waals surface area contributed by atoms with Crippen LogP contribution in [0.25, 0.3) is 11.1 Å². The first-order valence-electron chi connectivity index (χ1n) is 10.3. The van der Waals surface area contributed by atoms with Crippen molar-refractivity contribution in [1.29, 1.82) is 0 Å². The molecular formula is C25H23F3N2O5. The van der Waals surface area contributed by atoms with Gasteiger partial charge >= 0.3 is 6.61 Å². The van der Waals surface area contributed by atoms with Gasteiger partial charge in [-0.1, -0.05) is 24.3 Å². The normalized spacial score (nSPS) is 16.6. The van der Waals surface area contributed by atoms with Crippen molar-refractivity contribution < 1.29 is 37.3 Å². The van der Waals surface area contributed by atoms with Crippen molar-refractivity contribution in [2.45, 2.75) is 19.1 Å². The number of hydrogen-bond donors (Lipinski definition) is 2. The molecular weight excluding hydrogens is 465 g/mol. The first kappa shape index (κ1) is 25.4. The van der Waals surface area contributed by atoms with E-state index < -0.39 is 18.0 Å². The Morgan fingerprint density at radius 1 is 1.14 bits per heavy atom. The number of alkyl halides is 2. The fourth-order valence-electron chi connectivity index (χ4n) is 3.82. The van der Waals surface area contributed by atoms with Crippen LogP contribution in [0.1, 0.15) is 16.7 Å². The minimum absolute atomic E-state index is 0.00789. The summed E-state index contributed by atoms with van der Waals surface area (Å²) in [6.45, 7) is -1.40. The molecule has 0 spiro atoms. The van der Waals surface area contributed by atoms with Gasteiger partial charge in [0.05, 0.1) is 7.11 Å². The van der Waals surface area contributed by atoms with Crippen LogP contribution in [0.15, 0.2) is 65.7 Å². The molecule has 0 aliphatic carbocycles. The number of carbonyl (C=O) groups is 1. The summed E-state index contributed by atoms with van der Waals surface area (Å²) in [5, 5.41) is 6.89. The number of halogens is 3. The van der Waals surface area contributed by atoms with Gasteiger partial charge in [0.2, 0.25) is 0 Å². The van der Waals surface area contributed by atoms with Gasteiger partial charge < -0.3 is 25.1 Å². The van der Waals surface area contributed by atoms with E-state index in [0.29, 0.717) is 33.6 Å². The van der Waals surface area contributed by atoms with E-state index in [0.717, 1.165) is 0 Å². The summed E-state index contributed by atoms with van der Waals surface area (Å²) in [4.78, 5) is 12.9. The summed E-state index contributed by atoms with van der Waals surface area (Å²) in [7, 11) is 1.51. The number of nitrogens with two attached hydrogens (primary N) is 1. The number of carboxylic acid groups (broad SMARTS) is 1. The molecule has 1 unspecified atom stereocenters. The monoisotopic (exact) mass is 488 g/mol. The number of hydrogen-bond acceptors (Lipinski definition) is 6. The lowest BCUT2D eigenvalue weighted by atomic mass is 9.82. The molecule has 0 radical (unpaired) electrons. The highest BCUT2D eigenvalue weighted by Gasteiger charge is 2.40. The standard InChI is InChI=1S/C24H21F3N2O3.CH2O2/c1-14-10-17(6-9-21(14)32-22(26)27)24(13-31-23(28)29-24)16-5-3-4-15(11-16)19-12-18(30-2)7-8-20(19)25;2-1-3/h3-12,22H,13H2,1-2H3,(H2,28,29);1H,(H,2,3). The second-order valence-corrected chi connectivity index (χ2v) is 7.49. The molecule has 1 aliphatic heterocycles. The fourth-order valence-corrected chi connectivity index (χ4v) is 3.82. The number of amidine groups is 1. The number of benzene rings is 3.